The molecule has 0 saturated carbocycles. The number of nitrogens with zero attached hydrogens (tertiary/aromatic N) is 2. The number of hydrogen-bond acceptors (Lipinski definition) is 5. The number of anilines is 2. The van der Waals surface area contributed by atoms with Gasteiger partial charge in [0.2, 0.25) is 0 Å². The molecule has 158 valence electrons. The Hall–Kier alpha value is -3.46. The lowest BCUT2D eigenvalue weighted by molar-refractivity contribution is -0.133. The second-order valence-corrected chi connectivity index (χ2v) is 10.1. The van der Waals surface area contributed by atoms with Crippen molar-refractivity contribution in [3.8, 4) is 11.1 Å². The van der Waals surface area contributed by atoms with Crippen molar-refractivity contribution in [3.05, 3.63) is 65.9 Å². The summed E-state index contributed by atoms with van der Waals surface area (Å²) in [7, 11) is -3.10. The summed E-state index contributed by atoms with van der Waals surface area (Å²) in [6, 6.07) is 15.0. The van der Waals surface area contributed by atoms with Crippen LogP contribution in [0.25, 0.3) is 11.1 Å². The van der Waals surface area contributed by atoms with Crippen molar-refractivity contribution < 1.29 is 18.0 Å². The highest BCUT2D eigenvalue weighted by Gasteiger charge is 2.31. The van der Waals surface area contributed by atoms with Crippen LogP contribution in [-0.2, 0) is 25.8 Å². The van der Waals surface area contributed by atoms with Gasteiger partial charge < -0.3 is 10.6 Å². The third-order valence-corrected chi connectivity index (χ3v) is 7.47. The van der Waals surface area contributed by atoms with Gasteiger partial charge in [-0.1, -0.05) is 30.3 Å². The summed E-state index contributed by atoms with van der Waals surface area (Å²) in [6.07, 6.45) is 2.68. The predicted octanol–water partition coefficient (Wildman–Crippen LogP) is 2.39. The molecule has 9 heteroatoms. The molecule has 0 spiro atoms. The van der Waals surface area contributed by atoms with Gasteiger partial charge in [0.15, 0.2) is 9.84 Å². The average molecular weight is 436 g/mol. The SMILES string of the molecule is O=C(Nc1ccc2c(c1)Cc1ccccc1-2)C(=O)Nc1ccnn1[C@H]1CCS(=O)(=O)C1. The standard InChI is InChI=1S/C22H20N4O4S/c27-21(22(28)25-20-7-9-23-26(20)17-8-10-31(29,30)13-17)24-16-5-6-19-15(12-16)11-14-3-1-2-4-18(14)19/h1-7,9,12,17H,8,10-11,13H2,(H,24,27)(H,25,28)/t17-/m0/s1. The molecule has 2 amide bonds. The first-order valence-corrected chi connectivity index (χ1v) is 11.8. The maximum absolute atomic E-state index is 12.4. The van der Waals surface area contributed by atoms with Gasteiger partial charge in [-0.2, -0.15) is 5.10 Å². The minimum Gasteiger partial charge on any atom is -0.318 e. The highest BCUT2D eigenvalue weighted by Crippen LogP contribution is 2.37. The number of hydrogen-bond donors (Lipinski definition) is 2. The van der Waals surface area contributed by atoms with E-state index in [0.717, 1.165) is 17.5 Å². The smallest absolute Gasteiger partial charge is 0.315 e. The van der Waals surface area contributed by atoms with Gasteiger partial charge in [0.1, 0.15) is 5.82 Å². The summed E-state index contributed by atoms with van der Waals surface area (Å²) in [6.45, 7) is 0. The molecule has 0 radical (unpaired) electrons. The molecule has 1 aliphatic heterocycles. The van der Waals surface area contributed by atoms with Crippen molar-refractivity contribution in [3.63, 3.8) is 0 Å². The van der Waals surface area contributed by atoms with Crippen LogP contribution in [0.4, 0.5) is 11.5 Å². The Labute approximate surface area is 179 Å². The van der Waals surface area contributed by atoms with Gasteiger partial charge in [-0.15, -0.1) is 0 Å². The van der Waals surface area contributed by atoms with Gasteiger partial charge in [-0.25, -0.2) is 13.1 Å². The third-order valence-electron chi connectivity index (χ3n) is 5.72. The zero-order valence-corrected chi connectivity index (χ0v) is 17.4. The fourth-order valence-electron chi connectivity index (χ4n) is 4.26. The molecular formula is C22H20N4O4S. The Balaban J connectivity index is 1.27. The largest absolute Gasteiger partial charge is 0.318 e. The topological polar surface area (TPSA) is 110 Å². The second kappa shape index (κ2) is 7.35. The number of carbonyl (C=O) groups excluding carboxylic acids is 2. The van der Waals surface area contributed by atoms with E-state index in [1.807, 2.05) is 24.3 Å². The lowest BCUT2D eigenvalue weighted by atomic mass is 10.1. The number of amides is 2. The van der Waals surface area contributed by atoms with E-state index in [-0.39, 0.29) is 17.5 Å². The van der Waals surface area contributed by atoms with Crippen LogP contribution in [0.5, 0.6) is 0 Å². The van der Waals surface area contributed by atoms with Crippen molar-refractivity contribution in [1.82, 2.24) is 9.78 Å². The summed E-state index contributed by atoms with van der Waals surface area (Å²) >= 11 is 0. The van der Waals surface area contributed by atoms with Crippen LogP contribution in [0, 0.1) is 0 Å². The van der Waals surface area contributed by atoms with Gasteiger partial charge in [0, 0.05) is 11.8 Å². The van der Waals surface area contributed by atoms with Crippen molar-refractivity contribution in [2.45, 2.75) is 18.9 Å². The maximum Gasteiger partial charge on any atom is 0.315 e. The number of rotatable bonds is 3. The highest BCUT2D eigenvalue weighted by molar-refractivity contribution is 7.91. The van der Waals surface area contributed by atoms with Crippen LogP contribution in [0.3, 0.4) is 0 Å². The molecule has 1 aromatic heterocycles. The van der Waals surface area contributed by atoms with Crippen LogP contribution in [-0.4, -0.2) is 41.5 Å². The van der Waals surface area contributed by atoms with E-state index >= 15 is 0 Å². The summed E-state index contributed by atoms with van der Waals surface area (Å²) in [5.74, 6) is -1.28. The molecule has 5 rings (SSSR count). The molecule has 2 N–H and O–H groups in total. The Morgan fingerprint density at radius 3 is 2.55 bits per heavy atom. The number of sulfone groups is 1. The second-order valence-electron chi connectivity index (χ2n) is 7.83. The molecule has 8 nitrogen and oxygen atoms in total. The number of benzene rings is 2. The van der Waals surface area contributed by atoms with Crippen molar-refractivity contribution >= 4 is 33.2 Å². The molecule has 2 aliphatic rings. The first-order valence-electron chi connectivity index (χ1n) is 9.97. The fourth-order valence-corrected chi connectivity index (χ4v) is 5.95. The highest BCUT2D eigenvalue weighted by atomic mass is 32.2. The molecule has 0 unspecified atom stereocenters. The Kier molecular flexibility index (Phi) is 4.62. The first kappa shape index (κ1) is 19.5. The maximum atomic E-state index is 12.4. The Morgan fingerprint density at radius 2 is 1.74 bits per heavy atom. The van der Waals surface area contributed by atoms with Gasteiger partial charge in [-0.05, 0) is 47.2 Å². The van der Waals surface area contributed by atoms with Crippen molar-refractivity contribution in [2.24, 2.45) is 0 Å². The van der Waals surface area contributed by atoms with E-state index in [1.54, 1.807) is 12.1 Å². The number of aromatic nitrogens is 2. The molecule has 0 bridgehead atoms. The molecule has 1 fully saturated rings. The minimum atomic E-state index is -3.10. The van der Waals surface area contributed by atoms with Crippen LogP contribution in [0.2, 0.25) is 0 Å². The number of nitrogens with one attached hydrogen (secondary N) is 2. The zero-order valence-electron chi connectivity index (χ0n) is 16.5. The third kappa shape index (κ3) is 3.72. The van der Waals surface area contributed by atoms with E-state index in [1.165, 1.54) is 22.0 Å². The summed E-state index contributed by atoms with van der Waals surface area (Å²) in [4.78, 5) is 24.9. The molecule has 3 aromatic rings. The Morgan fingerprint density at radius 1 is 0.968 bits per heavy atom. The predicted molar refractivity (Wildman–Crippen MR) is 116 cm³/mol. The van der Waals surface area contributed by atoms with Gasteiger partial charge >= 0.3 is 11.8 Å². The molecule has 1 saturated heterocycles. The quantitative estimate of drug-likeness (QED) is 0.479. The normalized spacial score (nSPS) is 18.3. The molecule has 1 atom stereocenters. The summed E-state index contributed by atoms with van der Waals surface area (Å²) < 4.78 is 24.9. The molecular weight excluding hydrogens is 416 g/mol. The lowest BCUT2D eigenvalue weighted by Crippen LogP contribution is -2.30. The van der Waals surface area contributed by atoms with Crippen molar-refractivity contribution in [1.29, 1.82) is 0 Å². The van der Waals surface area contributed by atoms with Crippen LogP contribution in [0.1, 0.15) is 23.6 Å². The van der Waals surface area contributed by atoms with Crippen LogP contribution >= 0.6 is 0 Å². The minimum absolute atomic E-state index is 0.0265. The van der Waals surface area contributed by atoms with E-state index in [4.69, 9.17) is 0 Å². The average Bonchev–Trinajstić information content (AvgIpc) is 3.43. The number of carbonyl (C=O) groups is 2. The van der Waals surface area contributed by atoms with E-state index in [9.17, 15) is 18.0 Å². The lowest BCUT2D eigenvalue weighted by Gasteiger charge is -2.14. The van der Waals surface area contributed by atoms with Gasteiger partial charge in [0.05, 0.1) is 23.7 Å². The van der Waals surface area contributed by atoms with E-state index in [0.29, 0.717) is 17.9 Å². The Bertz CT molecular complexity index is 1310. The molecule has 2 aromatic carbocycles. The monoisotopic (exact) mass is 436 g/mol. The fraction of sp³-hybridized carbons (Fsp3) is 0.227. The molecule has 2 heterocycles. The first-order chi connectivity index (χ1) is 14.9. The summed E-state index contributed by atoms with van der Waals surface area (Å²) in [5.41, 5.74) is 5.20. The van der Waals surface area contributed by atoms with Gasteiger partial charge in [0.25, 0.3) is 0 Å². The van der Waals surface area contributed by atoms with Crippen LogP contribution in [0.15, 0.2) is 54.7 Å². The summed E-state index contributed by atoms with van der Waals surface area (Å²) in [5, 5.41) is 9.30. The molecule has 31 heavy (non-hydrogen) atoms. The van der Waals surface area contributed by atoms with E-state index in [2.05, 4.69) is 27.9 Å². The number of fused-ring (bicyclic) bond motifs is 3. The van der Waals surface area contributed by atoms with E-state index < -0.39 is 21.7 Å². The van der Waals surface area contributed by atoms with Crippen molar-refractivity contribution in [2.75, 3.05) is 22.1 Å². The molecule has 1 aliphatic carbocycles. The zero-order chi connectivity index (χ0) is 21.6. The van der Waals surface area contributed by atoms with Gasteiger partial charge in [-0.3, -0.25) is 9.59 Å². The van der Waals surface area contributed by atoms with Crippen LogP contribution < -0.4 is 10.6 Å².